The predicted octanol–water partition coefficient (Wildman–Crippen LogP) is 1.56. The fourth-order valence-electron chi connectivity index (χ4n) is 2.88. The van der Waals surface area contributed by atoms with E-state index >= 15 is 0 Å². The standard InChI is InChI=1S/C18H24N5O6P/c1-27-18-20-14-15(19)21-17(29-8-4-7-24)22-16(14)23(18)10-12-5-3-6-13(9-12)11-30(25,26)28-2/h3,5-6,9,24H,4,7-8,10-11H2,1-2H3,(H,25,26)(H2,19,21,22). The normalized spacial score (nSPS) is 13.3. The van der Waals surface area contributed by atoms with Crippen molar-refractivity contribution in [2.24, 2.45) is 0 Å². The Kier molecular flexibility index (Phi) is 6.88. The van der Waals surface area contributed by atoms with Crippen LogP contribution in [-0.2, 0) is 21.8 Å². The number of nitrogen functional groups attached to an aromatic ring is 1. The molecule has 1 unspecified atom stereocenters. The van der Waals surface area contributed by atoms with Gasteiger partial charge in [0.15, 0.2) is 17.0 Å². The van der Waals surface area contributed by atoms with E-state index in [0.717, 1.165) is 5.56 Å². The monoisotopic (exact) mass is 437 g/mol. The largest absolute Gasteiger partial charge is 0.468 e. The molecule has 2 heterocycles. The zero-order valence-corrected chi connectivity index (χ0v) is 17.6. The summed E-state index contributed by atoms with van der Waals surface area (Å²) in [6.07, 6.45) is 0.337. The highest BCUT2D eigenvalue weighted by atomic mass is 31.2. The van der Waals surface area contributed by atoms with Crippen molar-refractivity contribution in [1.82, 2.24) is 19.5 Å². The Balaban J connectivity index is 1.96. The Morgan fingerprint density at radius 1 is 1.20 bits per heavy atom. The number of aliphatic hydroxyl groups is 1. The van der Waals surface area contributed by atoms with Crippen LogP contribution in [0.3, 0.4) is 0 Å². The van der Waals surface area contributed by atoms with Crippen LogP contribution in [0.5, 0.6) is 12.0 Å². The summed E-state index contributed by atoms with van der Waals surface area (Å²) in [5, 5.41) is 8.91. The maximum absolute atomic E-state index is 11.9. The number of imidazole rings is 1. The Morgan fingerprint density at radius 3 is 2.67 bits per heavy atom. The highest BCUT2D eigenvalue weighted by Crippen LogP contribution is 2.44. The second-order valence-corrected chi connectivity index (χ2v) is 8.43. The van der Waals surface area contributed by atoms with E-state index in [1.54, 1.807) is 22.8 Å². The minimum atomic E-state index is -3.68. The van der Waals surface area contributed by atoms with Gasteiger partial charge >= 0.3 is 13.6 Å². The lowest BCUT2D eigenvalue weighted by Gasteiger charge is -2.11. The molecule has 0 bridgehead atoms. The minimum Gasteiger partial charge on any atom is -0.468 e. The number of rotatable bonds is 10. The second-order valence-electron chi connectivity index (χ2n) is 6.47. The molecular weight excluding hydrogens is 413 g/mol. The van der Waals surface area contributed by atoms with Gasteiger partial charge in [0, 0.05) is 20.1 Å². The Hall–Kier alpha value is -2.72. The molecule has 162 valence electrons. The third kappa shape index (κ3) is 5.06. The summed E-state index contributed by atoms with van der Waals surface area (Å²) in [5.41, 5.74) is 8.30. The van der Waals surface area contributed by atoms with Crippen LogP contribution >= 0.6 is 7.60 Å². The summed E-state index contributed by atoms with van der Waals surface area (Å²) in [4.78, 5) is 22.6. The number of aromatic nitrogens is 4. The molecule has 0 saturated heterocycles. The van der Waals surface area contributed by atoms with Crippen LogP contribution < -0.4 is 15.2 Å². The molecular formula is C18H24N5O6P. The number of aliphatic hydroxyl groups excluding tert-OH is 1. The molecule has 12 heteroatoms. The van der Waals surface area contributed by atoms with Crippen LogP contribution in [0.15, 0.2) is 24.3 Å². The van der Waals surface area contributed by atoms with Gasteiger partial charge < -0.3 is 29.7 Å². The van der Waals surface area contributed by atoms with Gasteiger partial charge in [-0.3, -0.25) is 9.13 Å². The molecule has 3 aromatic rings. The highest BCUT2D eigenvalue weighted by Gasteiger charge is 2.20. The number of nitrogens with zero attached hydrogens (tertiary/aromatic N) is 4. The van der Waals surface area contributed by atoms with Crippen molar-refractivity contribution >= 4 is 24.6 Å². The van der Waals surface area contributed by atoms with Gasteiger partial charge in [-0.1, -0.05) is 24.3 Å². The maximum Gasteiger partial charge on any atom is 0.332 e. The average Bonchev–Trinajstić information content (AvgIpc) is 3.06. The van der Waals surface area contributed by atoms with Gasteiger partial charge in [0.1, 0.15) is 0 Å². The van der Waals surface area contributed by atoms with Gasteiger partial charge in [-0.2, -0.15) is 15.0 Å². The van der Waals surface area contributed by atoms with Gasteiger partial charge in [-0.15, -0.1) is 0 Å². The summed E-state index contributed by atoms with van der Waals surface area (Å²) in [6, 6.07) is 7.57. The number of anilines is 1. The topological polar surface area (TPSA) is 155 Å². The number of fused-ring (bicyclic) bond motifs is 1. The molecule has 0 aliphatic heterocycles. The van der Waals surface area contributed by atoms with Crippen LogP contribution in [0.1, 0.15) is 17.5 Å². The van der Waals surface area contributed by atoms with Crippen molar-refractivity contribution in [1.29, 1.82) is 0 Å². The van der Waals surface area contributed by atoms with Crippen LogP contribution in [0.2, 0.25) is 0 Å². The molecule has 0 radical (unpaired) electrons. The van der Waals surface area contributed by atoms with Crippen molar-refractivity contribution in [2.75, 3.05) is 33.2 Å². The lowest BCUT2D eigenvalue weighted by molar-refractivity contribution is 0.224. The van der Waals surface area contributed by atoms with Gasteiger partial charge in [0.05, 0.1) is 26.4 Å². The number of hydrogen-bond acceptors (Lipinski definition) is 9. The Bertz CT molecular complexity index is 1070. The minimum absolute atomic E-state index is 0.0103. The molecule has 3 rings (SSSR count). The van der Waals surface area contributed by atoms with Crippen molar-refractivity contribution in [3.63, 3.8) is 0 Å². The molecule has 0 spiro atoms. The van der Waals surface area contributed by atoms with Crippen molar-refractivity contribution in [2.45, 2.75) is 19.1 Å². The summed E-state index contributed by atoms with van der Waals surface area (Å²) < 4.78 is 29.1. The highest BCUT2D eigenvalue weighted by molar-refractivity contribution is 7.51. The fourth-order valence-corrected chi connectivity index (χ4v) is 3.66. The van der Waals surface area contributed by atoms with Crippen LogP contribution in [0.4, 0.5) is 5.82 Å². The van der Waals surface area contributed by atoms with E-state index in [1.165, 1.54) is 14.2 Å². The number of methoxy groups -OCH3 is 1. The summed E-state index contributed by atoms with van der Waals surface area (Å²) in [7, 11) is -0.993. The van der Waals surface area contributed by atoms with E-state index in [2.05, 4.69) is 19.5 Å². The van der Waals surface area contributed by atoms with Crippen LogP contribution in [0.25, 0.3) is 11.2 Å². The van der Waals surface area contributed by atoms with Crippen molar-refractivity contribution in [3.05, 3.63) is 35.4 Å². The van der Waals surface area contributed by atoms with Gasteiger partial charge in [0.25, 0.3) is 6.01 Å². The summed E-state index contributed by atoms with van der Waals surface area (Å²) >= 11 is 0. The maximum atomic E-state index is 11.9. The van der Waals surface area contributed by atoms with Crippen molar-refractivity contribution < 1.29 is 28.6 Å². The lowest BCUT2D eigenvalue weighted by atomic mass is 10.1. The molecule has 4 N–H and O–H groups in total. The third-order valence-electron chi connectivity index (χ3n) is 4.28. The molecule has 1 aromatic carbocycles. The molecule has 0 aliphatic rings. The van der Waals surface area contributed by atoms with E-state index in [9.17, 15) is 9.46 Å². The first kappa shape index (κ1) is 22.0. The first-order valence-electron chi connectivity index (χ1n) is 9.13. The van der Waals surface area contributed by atoms with E-state index < -0.39 is 7.60 Å². The van der Waals surface area contributed by atoms with E-state index in [-0.39, 0.29) is 37.2 Å². The predicted molar refractivity (Wildman–Crippen MR) is 110 cm³/mol. The van der Waals surface area contributed by atoms with E-state index in [0.29, 0.717) is 29.7 Å². The number of ether oxygens (including phenoxy) is 2. The smallest absolute Gasteiger partial charge is 0.332 e. The second kappa shape index (κ2) is 9.40. The molecule has 1 atom stereocenters. The fraction of sp³-hybridized carbons (Fsp3) is 0.389. The van der Waals surface area contributed by atoms with Gasteiger partial charge in [-0.25, -0.2) is 0 Å². The zero-order chi connectivity index (χ0) is 21.7. The van der Waals surface area contributed by atoms with Crippen LogP contribution in [-0.4, -0.2) is 57.0 Å². The number of nitrogens with two attached hydrogens (primary N) is 1. The molecule has 0 fully saturated rings. The third-order valence-corrected chi connectivity index (χ3v) is 5.62. The number of hydrogen-bond donors (Lipinski definition) is 3. The number of benzene rings is 1. The molecule has 11 nitrogen and oxygen atoms in total. The average molecular weight is 437 g/mol. The molecule has 30 heavy (non-hydrogen) atoms. The lowest BCUT2D eigenvalue weighted by Crippen LogP contribution is -2.07. The first-order valence-corrected chi connectivity index (χ1v) is 10.9. The van der Waals surface area contributed by atoms with Gasteiger partial charge in [0.2, 0.25) is 0 Å². The molecule has 0 saturated carbocycles. The zero-order valence-electron chi connectivity index (χ0n) is 16.7. The van der Waals surface area contributed by atoms with Gasteiger partial charge in [-0.05, 0) is 11.1 Å². The quantitative estimate of drug-likeness (QED) is 0.314. The summed E-state index contributed by atoms with van der Waals surface area (Å²) in [5.74, 6) is 0.145. The summed E-state index contributed by atoms with van der Waals surface area (Å²) in [6.45, 7) is 0.557. The Labute approximate surface area is 173 Å². The van der Waals surface area contributed by atoms with Crippen LogP contribution in [0, 0.1) is 0 Å². The van der Waals surface area contributed by atoms with E-state index in [1.807, 2.05) is 6.07 Å². The first-order chi connectivity index (χ1) is 14.4. The van der Waals surface area contributed by atoms with Crippen molar-refractivity contribution in [3.8, 4) is 12.0 Å². The molecule has 0 amide bonds. The Morgan fingerprint density at radius 2 is 1.97 bits per heavy atom. The molecule has 0 aliphatic carbocycles. The van der Waals surface area contributed by atoms with E-state index in [4.69, 9.17) is 20.3 Å². The molecule has 2 aromatic heterocycles. The SMILES string of the molecule is COc1nc2c(N)nc(OCCCO)nc2n1Cc1cccc(CP(=O)(O)OC)c1.